The van der Waals surface area contributed by atoms with Crippen LogP contribution in [0.1, 0.15) is 19.3 Å². The maximum Gasteiger partial charge on any atom is 0.150 e. The van der Waals surface area contributed by atoms with Gasteiger partial charge in [0.1, 0.15) is 5.82 Å². The van der Waals surface area contributed by atoms with Crippen LogP contribution in [0.15, 0.2) is 12.1 Å². The molecule has 17 heavy (non-hydrogen) atoms. The average Bonchev–Trinajstić information content (AvgIpc) is 2.29. The fraction of sp³-hybridized carbons (Fsp3) is 0.500. The highest BCUT2D eigenvalue weighted by molar-refractivity contribution is 6.33. The second-order valence-electron chi connectivity index (χ2n) is 4.11. The lowest BCUT2D eigenvalue weighted by Gasteiger charge is -2.23. The predicted molar refractivity (Wildman–Crippen MR) is 63.4 cm³/mol. The highest BCUT2D eigenvalue weighted by Crippen LogP contribution is 2.26. The quantitative estimate of drug-likeness (QED) is 0.898. The molecule has 0 amide bonds. The number of nitrogens with one attached hydrogen (secondary N) is 1. The van der Waals surface area contributed by atoms with Crippen LogP contribution in [0.3, 0.4) is 0 Å². The van der Waals surface area contributed by atoms with Crippen molar-refractivity contribution in [3.8, 4) is 0 Å². The minimum absolute atomic E-state index is 0.0540. The lowest BCUT2D eigenvalue weighted by molar-refractivity contribution is 0.0247. The molecule has 0 saturated carbocycles. The van der Waals surface area contributed by atoms with Gasteiger partial charge in [0.25, 0.3) is 0 Å². The first-order valence-electron chi connectivity index (χ1n) is 5.67. The molecule has 1 aliphatic rings. The average molecular weight is 262 g/mol. The van der Waals surface area contributed by atoms with Crippen LogP contribution in [0.4, 0.5) is 14.5 Å². The molecule has 1 aromatic carbocycles. The number of anilines is 1. The summed E-state index contributed by atoms with van der Waals surface area (Å²) in [5, 5.41) is 2.93. The fourth-order valence-electron chi connectivity index (χ4n) is 1.90. The Bertz CT molecular complexity index is 371. The molecule has 0 aliphatic carbocycles. The molecule has 1 unspecified atom stereocenters. The van der Waals surface area contributed by atoms with Crippen LogP contribution in [-0.2, 0) is 4.74 Å². The first-order chi connectivity index (χ1) is 8.16. The Morgan fingerprint density at radius 2 is 2.18 bits per heavy atom. The molecule has 2 rings (SSSR count). The third-order valence-electron chi connectivity index (χ3n) is 2.79. The van der Waals surface area contributed by atoms with Gasteiger partial charge in [0, 0.05) is 19.2 Å². The summed E-state index contributed by atoms with van der Waals surface area (Å²) in [6.45, 7) is 1.23. The molecule has 0 radical (unpaired) electrons. The fourth-order valence-corrected chi connectivity index (χ4v) is 2.16. The molecule has 2 nitrogen and oxygen atoms in total. The Hall–Kier alpha value is -0.870. The van der Waals surface area contributed by atoms with E-state index in [1.807, 2.05) is 0 Å². The Balaban J connectivity index is 1.98. The van der Waals surface area contributed by atoms with E-state index in [1.54, 1.807) is 0 Å². The van der Waals surface area contributed by atoms with Gasteiger partial charge >= 0.3 is 0 Å². The summed E-state index contributed by atoms with van der Waals surface area (Å²) in [7, 11) is 0. The molecular formula is C12H14ClF2NO. The van der Waals surface area contributed by atoms with Crippen LogP contribution < -0.4 is 5.32 Å². The molecule has 1 heterocycles. The van der Waals surface area contributed by atoms with E-state index >= 15 is 0 Å². The summed E-state index contributed by atoms with van der Waals surface area (Å²) in [6.07, 6.45) is 3.21. The minimum atomic E-state index is -0.675. The number of rotatable bonds is 3. The molecular weight excluding hydrogens is 248 g/mol. The number of hydrogen-bond acceptors (Lipinski definition) is 2. The van der Waals surface area contributed by atoms with Crippen molar-refractivity contribution < 1.29 is 13.5 Å². The van der Waals surface area contributed by atoms with Crippen molar-refractivity contribution in [2.24, 2.45) is 0 Å². The van der Waals surface area contributed by atoms with E-state index in [2.05, 4.69) is 5.32 Å². The van der Waals surface area contributed by atoms with Gasteiger partial charge in [0.15, 0.2) is 5.82 Å². The number of benzene rings is 1. The highest BCUT2D eigenvalue weighted by atomic mass is 35.5. The smallest absolute Gasteiger partial charge is 0.150 e. The molecule has 0 spiro atoms. The third-order valence-corrected chi connectivity index (χ3v) is 3.09. The Morgan fingerprint density at radius 1 is 1.35 bits per heavy atom. The highest BCUT2D eigenvalue weighted by Gasteiger charge is 2.15. The number of ether oxygens (including phenoxy) is 1. The molecule has 1 aliphatic heterocycles. The van der Waals surface area contributed by atoms with Crippen molar-refractivity contribution in [2.45, 2.75) is 25.4 Å². The molecule has 0 bridgehead atoms. The van der Waals surface area contributed by atoms with E-state index < -0.39 is 11.6 Å². The Labute approximate surface area is 104 Å². The van der Waals surface area contributed by atoms with Crippen molar-refractivity contribution in [3.05, 3.63) is 28.8 Å². The summed E-state index contributed by atoms with van der Waals surface area (Å²) in [5.74, 6) is -1.35. The van der Waals surface area contributed by atoms with E-state index in [-0.39, 0.29) is 16.8 Å². The second-order valence-corrected chi connectivity index (χ2v) is 4.52. The Kier molecular flexibility index (Phi) is 4.18. The minimum Gasteiger partial charge on any atom is -0.379 e. The van der Waals surface area contributed by atoms with E-state index in [4.69, 9.17) is 16.3 Å². The summed E-state index contributed by atoms with van der Waals surface area (Å²) in [4.78, 5) is 0. The first kappa shape index (κ1) is 12.6. The molecule has 1 saturated heterocycles. The van der Waals surface area contributed by atoms with Gasteiger partial charge in [-0.2, -0.15) is 0 Å². The molecule has 1 N–H and O–H groups in total. The first-order valence-corrected chi connectivity index (χ1v) is 6.04. The van der Waals surface area contributed by atoms with Crippen LogP contribution in [0.25, 0.3) is 0 Å². The third kappa shape index (κ3) is 3.30. The van der Waals surface area contributed by atoms with E-state index in [1.165, 1.54) is 0 Å². The molecule has 1 atom stereocenters. The molecule has 1 fully saturated rings. The summed E-state index contributed by atoms with van der Waals surface area (Å²) in [6, 6.07) is 1.91. The van der Waals surface area contributed by atoms with Gasteiger partial charge in [-0.1, -0.05) is 11.6 Å². The zero-order valence-electron chi connectivity index (χ0n) is 9.31. The predicted octanol–water partition coefficient (Wildman–Crippen LogP) is 3.60. The van der Waals surface area contributed by atoms with Gasteiger partial charge < -0.3 is 10.1 Å². The van der Waals surface area contributed by atoms with Crippen molar-refractivity contribution in [1.29, 1.82) is 0 Å². The zero-order valence-corrected chi connectivity index (χ0v) is 10.1. The lowest BCUT2D eigenvalue weighted by Crippen LogP contribution is -2.27. The maximum absolute atomic E-state index is 13.4. The van der Waals surface area contributed by atoms with Gasteiger partial charge in [-0.15, -0.1) is 0 Å². The lowest BCUT2D eigenvalue weighted by atomic mass is 10.1. The van der Waals surface area contributed by atoms with Gasteiger partial charge in [-0.25, -0.2) is 8.78 Å². The zero-order chi connectivity index (χ0) is 12.3. The number of hydrogen-bond donors (Lipinski definition) is 1. The van der Waals surface area contributed by atoms with Crippen molar-refractivity contribution in [3.63, 3.8) is 0 Å². The van der Waals surface area contributed by atoms with Gasteiger partial charge in [-0.05, 0) is 25.3 Å². The van der Waals surface area contributed by atoms with Gasteiger partial charge in [0.05, 0.1) is 16.8 Å². The van der Waals surface area contributed by atoms with Crippen LogP contribution in [0.2, 0.25) is 5.02 Å². The topological polar surface area (TPSA) is 21.3 Å². The van der Waals surface area contributed by atoms with Gasteiger partial charge in [-0.3, -0.25) is 0 Å². The largest absolute Gasteiger partial charge is 0.379 e. The summed E-state index contributed by atoms with van der Waals surface area (Å²) < 4.78 is 31.8. The van der Waals surface area contributed by atoms with E-state index in [9.17, 15) is 8.78 Å². The van der Waals surface area contributed by atoms with Gasteiger partial charge in [0.2, 0.25) is 0 Å². The van der Waals surface area contributed by atoms with Crippen molar-refractivity contribution in [1.82, 2.24) is 0 Å². The van der Waals surface area contributed by atoms with Crippen LogP contribution in [0, 0.1) is 11.6 Å². The maximum atomic E-state index is 13.4. The summed E-state index contributed by atoms with van der Waals surface area (Å²) in [5.41, 5.74) is 0.141. The van der Waals surface area contributed by atoms with Crippen LogP contribution in [0.5, 0.6) is 0 Å². The number of halogens is 3. The van der Waals surface area contributed by atoms with E-state index in [0.29, 0.717) is 6.54 Å². The molecule has 0 aromatic heterocycles. The normalized spacial score (nSPS) is 20.3. The van der Waals surface area contributed by atoms with E-state index in [0.717, 1.165) is 38.0 Å². The second kappa shape index (κ2) is 5.65. The van der Waals surface area contributed by atoms with Crippen LogP contribution in [-0.4, -0.2) is 19.3 Å². The summed E-state index contributed by atoms with van der Waals surface area (Å²) >= 11 is 5.77. The van der Waals surface area contributed by atoms with Crippen LogP contribution >= 0.6 is 11.6 Å². The molecule has 5 heteroatoms. The molecule has 1 aromatic rings. The standard InChI is InChI=1S/C12H14ClF2NO/c13-10-5-8(14)6-11(15)12(10)16-7-9-3-1-2-4-17-9/h5-6,9,16H,1-4,7H2. The SMILES string of the molecule is Fc1cc(F)c(NCC2CCCCO2)c(Cl)c1. The van der Waals surface area contributed by atoms with Crippen molar-refractivity contribution >= 4 is 17.3 Å². The monoisotopic (exact) mass is 261 g/mol. The van der Waals surface area contributed by atoms with Crippen molar-refractivity contribution in [2.75, 3.05) is 18.5 Å². The Morgan fingerprint density at radius 3 is 2.82 bits per heavy atom. The molecule has 94 valence electrons.